The van der Waals surface area contributed by atoms with Gasteiger partial charge in [-0.15, -0.1) is 11.3 Å². The molecule has 6 heteroatoms. The van der Waals surface area contributed by atoms with E-state index in [4.69, 9.17) is 4.52 Å². The summed E-state index contributed by atoms with van der Waals surface area (Å²) in [5, 5.41) is 10.1. The minimum absolute atomic E-state index is 0.257. The van der Waals surface area contributed by atoms with Crippen molar-refractivity contribution >= 4 is 11.3 Å². The summed E-state index contributed by atoms with van der Waals surface area (Å²) < 4.78 is 4.91. The summed E-state index contributed by atoms with van der Waals surface area (Å²) in [4.78, 5) is 8.39. The lowest BCUT2D eigenvalue weighted by Crippen LogP contribution is -2.21. The van der Waals surface area contributed by atoms with E-state index in [0.717, 1.165) is 23.7 Å². The van der Waals surface area contributed by atoms with Crippen LogP contribution in [0.3, 0.4) is 0 Å². The monoisotopic (exact) mass is 238 g/mol. The molecular formula is C10H14N4OS. The second-order valence-corrected chi connectivity index (χ2v) is 4.61. The van der Waals surface area contributed by atoms with E-state index in [1.807, 2.05) is 6.92 Å². The first kappa shape index (κ1) is 11.2. The lowest BCUT2D eigenvalue weighted by Gasteiger charge is -2.09. The van der Waals surface area contributed by atoms with E-state index in [1.54, 1.807) is 11.3 Å². The SMILES string of the molecule is Cc1nc(C(C)NCCc2ncno2)cs1. The fraction of sp³-hybridized carbons (Fsp3) is 0.500. The Morgan fingerprint density at radius 3 is 3.06 bits per heavy atom. The topological polar surface area (TPSA) is 63.8 Å². The third kappa shape index (κ3) is 2.86. The zero-order valence-corrected chi connectivity index (χ0v) is 10.1. The van der Waals surface area contributed by atoms with E-state index < -0.39 is 0 Å². The van der Waals surface area contributed by atoms with Gasteiger partial charge in [-0.3, -0.25) is 0 Å². The second kappa shape index (κ2) is 5.18. The number of nitrogens with zero attached hydrogens (tertiary/aromatic N) is 3. The van der Waals surface area contributed by atoms with Crippen LogP contribution < -0.4 is 5.32 Å². The molecule has 86 valence electrons. The van der Waals surface area contributed by atoms with E-state index in [0.29, 0.717) is 5.89 Å². The molecule has 0 aliphatic carbocycles. The molecule has 0 amide bonds. The molecule has 2 rings (SSSR count). The van der Waals surface area contributed by atoms with Crippen molar-refractivity contribution in [2.45, 2.75) is 26.3 Å². The van der Waals surface area contributed by atoms with Crippen LogP contribution in [0.4, 0.5) is 0 Å². The molecule has 0 radical (unpaired) electrons. The van der Waals surface area contributed by atoms with Gasteiger partial charge in [-0.2, -0.15) is 4.98 Å². The van der Waals surface area contributed by atoms with Crippen LogP contribution in [0.2, 0.25) is 0 Å². The van der Waals surface area contributed by atoms with Crippen molar-refractivity contribution in [3.05, 3.63) is 28.3 Å². The van der Waals surface area contributed by atoms with Crippen molar-refractivity contribution in [1.29, 1.82) is 0 Å². The quantitative estimate of drug-likeness (QED) is 0.859. The maximum absolute atomic E-state index is 4.91. The van der Waals surface area contributed by atoms with Gasteiger partial charge in [0.1, 0.15) is 0 Å². The first-order valence-electron chi connectivity index (χ1n) is 5.16. The Hall–Kier alpha value is -1.27. The molecule has 16 heavy (non-hydrogen) atoms. The van der Waals surface area contributed by atoms with Crippen LogP contribution in [-0.2, 0) is 6.42 Å². The molecule has 0 saturated carbocycles. The number of hydrogen-bond acceptors (Lipinski definition) is 6. The molecule has 0 spiro atoms. The summed E-state index contributed by atoms with van der Waals surface area (Å²) in [5.41, 5.74) is 1.09. The van der Waals surface area contributed by atoms with Crippen molar-refractivity contribution in [2.24, 2.45) is 0 Å². The number of rotatable bonds is 5. The van der Waals surface area contributed by atoms with Gasteiger partial charge in [0, 0.05) is 24.4 Å². The largest absolute Gasteiger partial charge is 0.340 e. The molecular weight excluding hydrogens is 224 g/mol. The second-order valence-electron chi connectivity index (χ2n) is 3.55. The average molecular weight is 238 g/mol. The molecule has 5 nitrogen and oxygen atoms in total. The molecule has 0 fully saturated rings. The number of nitrogens with one attached hydrogen (secondary N) is 1. The fourth-order valence-electron chi connectivity index (χ4n) is 1.39. The predicted molar refractivity (Wildman–Crippen MR) is 61.3 cm³/mol. The summed E-state index contributed by atoms with van der Waals surface area (Å²) in [7, 11) is 0. The maximum Gasteiger partial charge on any atom is 0.227 e. The third-order valence-electron chi connectivity index (χ3n) is 2.28. The van der Waals surface area contributed by atoms with Gasteiger partial charge >= 0.3 is 0 Å². The number of hydrogen-bond donors (Lipinski definition) is 1. The Morgan fingerprint density at radius 2 is 2.44 bits per heavy atom. The lowest BCUT2D eigenvalue weighted by atomic mass is 10.2. The molecule has 0 bridgehead atoms. The lowest BCUT2D eigenvalue weighted by molar-refractivity contribution is 0.372. The number of aromatic nitrogens is 3. The van der Waals surface area contributed by atoms with Crippen LogP contribution in [0, 0.1) is 6.92 Å². The molecule has 2 aromatic rings. The Labute approximate surface area is 97.9 Å². The molecule has 2 heterocycles. The summed E-state index contributed by atoms with van der Waals surface area (Å²) >= 11 is 1.67. The molecule has 0 aliphatic heterocycles. The predicted octanol–water partition coefficient (Wildman–Crippen LogP) is 1.73. The Morgan fingerprint density at radius 1 is 1.56 bits per heavy atom. The van der Waals surface area contributed by atoms with Crippen molar-refractivity contribution in [3.8, 4) is 0 Å². The highest BCUT2D eigenvalue weighted by Crippen LogP contribution is 2.15. The first-order chi connectivity index (χ1) is 7.75. The van der Waals surface area contributed by atoms with Gasteiger partial charge in [0.15, 0.2) is 6.33 Å². The highest BCUT2D eigenvalue weighted by molar-refractivity contribution is 7.09. The van der Waals surface area contributed by atoms with E-state index >= 15 is 0 Å². The fourth-order valence-corrected chi connectivity index (χ4v) is 2.09. The molecule has 2 aromatic heterocycles. The van der Waals surface area contributed by atoms with Crippen LogP contribution in [0.5, 0.6) is 0 Å². The normalized spacial score (nSPS) is 12.9. The molecule has 1 N–H and O–H groups in total. The highest BCUT2D eigenvalue weighted by atomic mass is 32.1. The van der Waals surface area contributed by atoms with Crippen molar-refractivity contribution < 1.29 is 4.52 Å². The summed E-state index contributed by atoms with van der Waals surface area (Å²) in [6, 6.07) is 0.257. The Kier molecular flexibility index (Phi) is 3.63. The van der Waals surface area contributed by atoms with Gasteiger partial charge in [0.25, 0.3) is 0 Å². The van der Waals surface area contributed by atoms with Gasteiger partial charge in [-0.1, -0.05) is 5.16 Å². The number of aryl methyl sites for hydroxylation is 1. The first-order valence-corrected chi connectivity index (χ1v) is 6.04. The van der Waals surface area contributed by atoms with Crippen LogP contribution in [0.1, 0.15) is 29.6 Å². The van der Waals surface area contributed by atoms with E-state index in [-0.39, 0.29) is 6.04 Å². The van der Waals surface area contributed by atoms with Crippen molar-refractivity contribution in [3.63, 3.8) is 0 Å². The van der Waals surface area contributed by atoms with Crippen LogP contribution in [0.25, 0.3) is 0 Å². The smallest absolute Gasteiger partial charge is 0.227 e. The molecule has 1 atom stereocenters. The van der Waals surface area contributed by atoms with Gasteiger partial charge in [-0.25, -0.2) is 4.98 Å². The van der Waals surface area contributed by atoms with Crippen molar-refractivity contribution in [1.82, 2.24) is 20.4 Å². The summed E-state index contributed by atoms with van der Waals surface area (Å²) in [6.45, 7) is 4.92. The van der Waals surface area contributed by atoms with E-state index in [1.165, 1.54) is 6.33 Å². The number of thiazole rings is 1. The molecule has 0 saturated heterocycles. The standard InChI is InChI=1S/C10H14N4OS/c1-7(9-5-16-8(2)14-9)11-4-3-10-12-6-13-15-10/h5-7,11H,3-4H2,1-2H3. The van der Waals surface area contributed by atoms with Gasteiger partial charge in [0.05, 0.1) is 10.7 Å². The minimum Gasteiger partial charge on any atom is -0.340 e. The molecule has 0 aliphatic rings. The maximum atomic E-state index is 4.91. The van der Waals surface area contributed by atoms with E-state index in [2.05, 4.69) is 32.7 Å². The summed E-state index contributed by atoms with van der Waals surface area (Å²) in [6.07, 6.45) is 2.16. The average Bonchev–Trinajstić information content (AvgIpc) is 2.89. The molecule has 0 aromatic carbocycles. The highest BCUT2D eigenvalue weighted by Gasteiger charge is 2.08. The summed E-state index contributed by atoms with van der Waals surface area (Å²) in [5.74, 6) is 0.661. The van der Waals surface area contributed by atoms with Crippen LogP contribution in [0.15, 0.2) is 16.2 Å². The zero-order chi connectivity index (χ0) is 11.4. The van der Waals surface area contributed by atoms with Crippen LogP contribution in [-0.4, -0.2) is 21.7 Å². The molecule has 1 unspecified atom stereocenters. The van der Waals surface area contributed by atoms with Crippen LogP contribution >= 0.6 is 11.3 Å². The third-order valence-corrected chi connectivity index (χ3v) is 3.07. The van der Waals surface area contributed by atoms with E-state index in [9.17, 15) is 0 Å². The van der Waals surface area contributed by atoms with Gasteiger partial charge in [-0.05, 0) is 13.8 Å². The zero-order valence-electron chi connectivity index (χ0n) is 9.30. The van der Waals surface area contributed by atoms with Gasteiger partial charge < -0.3 is 9.84 Å². The van der Waals surface area contributed by atoms with Crippen molar-refractivity contribution in [2.75, 3.05) is 6.54 Å². The minimum atomic E-state index is 0.257. The Bertz CT molecular complexity index is 426. The Balaban J connectivity index is 1.78. The van der Waals surface area contributed by atoms with Gasteiger partial charge in [0.2, 0.25) is 5.89 Å².